The van der Waals surface area contributed by atoms with Gasteiger partial charge in [-0.1, -0.05) is 35.0 Å². The minimum absolute atomic E-state index is 0.262. The van der Waals surface area contributed by atoms with Crippen molar-refractivity contribution in [3.05, 3.63) is 58.4 Å². The summed E-state index contributed by atoms with van der Waals surface area (Å²) < 4.78 is 13.3. The van der Waals surface area contributed by atoms with E-state index in [2.05, 4.69) is 9.99 Å². The molecule has 2 aromatic rings. The molecule has 2 aromatic carbocycles. The zero-order valence-corrected chi connectivity index (χ0v) is 11.4. The highest BCUT2D eigenvalue weighted by Crippen LogP contribution is 2.28. The van der Waals surface area contributed by atoms with Crippen LogP contribution in [0.4, 0.5) is 4.39 Å². The Hall–Kier alpha value is -1.87. The second kappa shape index (κ2) is 5.85. The first kappa shape index (κ1) is 13.6. The molecule has 0 saturated heterocycles. The van der Waals surface area contributed by atoms with Gasteiger partial charge in [0.1, 0.15) is 12.9 Å². The molecule has 2 nitrogen and oxygen atoms in total. The smallest absolute Gasteiger partial charge is 0.123 e. The minimum atomic E-state index is -0.262. The Labute approximate surface area is 116 Å². The SMILES string of the molecule is CO/N=C/c1ccc(-c2cc(F)ccc2C)cc1Cl. The van der Waals surface area contributed by atoms with Gasteiger partial charge in [-0.3, -0.25) is 0 Å². The molecule has 98 valence electrons. The maximum Gasteiger partial charge on any atom is 0.123 e. The largest absolute Gasteiger partial charge is 0.399 e. The van der Waals surface area contributed by atoms with E-state index in [1.165, 1.54) is 25.5 Å². The highest BCUT2D eigenvalue weighted by Gasteiger charge is 2.06. The van der Waals surface area contributed by atoms with E-state index < -0.39 is 0 Å². The van der Waals surface area contributed by atoms with Crippen molar-refractivity contribution >= 4 is 17.8 Å². The average molecular weight is 278 g/mol. The first-order valence-corrected chi connectivity index (χ1v) is 6.12. The zero-order chi connectivity index (χ0) is 13.8. The Morgan fingerprint density at radius 2 is 2.00 bits per heavy atom. The number of halogens is 2. The number of hydrogen-bond donors (Lipinski definition) is 0. The number of nitrogens with zero attached hydrogens (tertiary/aromatic N) is 1. The molecule has 0 aromatic heterocycles. The minimum Gasteiger partial charge on any atom is -0.399 e. The quantitative estimate of drug-likeness (QED) is 0.600. The maximum atomic E-state index is 13.3. The van der Waals surface area contributed by atoms with Crippen molar-refractivity contribution in [3.63, 3.8) is 0 Å². The van der Waals surface area contributed by atoms with Crippen molar-refractivity contribution < 1.29 is 9.23 Å². The molecular weight excluding hydrogens is 265 g/mol. The maximum absolute atomic E-state index is 13.3. The number of aryl methyl sites for hydroxylation is 1. The van der Waals surface area contributed by atoms with Gasteiger partial charge >= 0.3 is 0 Å². The summed E-state index contributed by atoms with van der Waals surface area (Å²) in [5, 5.41) is 4.21. The lowest BCUT2D eigenvalue weighted by molar-refractivity contribution is 0.215. The summed E-state index contributed by atoms with van der Waals surface area (Å²) in [7, 11) is 1.47. The third-order valence-corrected chi connectivity index (χ3v) is 3.14. The van der Waals surface area contributed by atoms with Gasteiger partial charge in [-0.05, 0) is 41.8 Å². The zero-order valence-electron chi connectivity index (χ0n) is 10.7. The van der Waals surface area contributed by atoms with Gasteiger partial charge in [-0.2, -0.15) is 0 Å². The van der Waals surface area contributed by atoms with Crippen molar-refractivity contribution in [2.24, 2.45) is 5.16 Å². The van der Waals surface area contributed by atoms with Crippen LogP contribution in [-0.2, 0) is 4.84 Å². The molecule has 2 rings (SSSR count). The number of benzene rings is 2. The molecule has 0 aliphatic carbocycles. The first-order valence-electron chi connectivity index (χ1n) is 5.74. The third-order valence-electron chi connectivity index (χ3n) is 2.81. The molecule has 0 aliphatic rings. The molecule has 0 bridgehead atoms. The highest BCUT2D eigenvalue weighted by atomic mass is 35.5. The monoisotopic (exact) mass is 277 g/mol. The lowest BCUT2D eigenvalue weighted by Gasteiger charge is -2.08. The van der Waals surface area contributed by atoms with Crippen LogP contribution in [0.2, 0.25) is 5.02 Å². The Balaban J connectivity index is 2.44. The van der Waals surface area contributed by atoms with Crippen LogP contribution in [0.1, 0.15) is 11.1 Å². The van der Waals surface area contributed by atoms with Gasteiger partial charge in [0, 0.05) is 5.56 Å². The van der Waals surface area contributed by atoms with Crippen molar-refractivity contribution in [1.29, 1.82) is 0 Å². The summed E-state index contributed by atoms with van der Waals surface area (Å²) in [6.45, 7) is 1.93. The van der Waals surface area contributed by atoms with Crippen LogP contribution < -0.4 is 0 Å². The van der Waals surface area contributed by atoms with E-state index in [1.807, 2.05) is 19.1 Å². The molecule has 0 radical (unpaired) electrons. The lowest BCUT2D eigenvalue weighted by atomic mass is 9.99. The molecule has 0 unspecified atom stereocenters. The Morgan fingerprint density at radius 1 is 1.21 bits per heavy atom. The Morgan fingerprint density at radius 3 is 2.68 bits per heavy atom. The fraction of sp³-hybridized carbons (Fsp3) is 0.133. The Bertz CT molecular complexity index is 626. The average Bonchev–Trinajstić information content (AvgIpc) is 2.40. The predicted octanol–water partition coefficient (Wildman–Crippen LogP) is 4.43. The second-order valence-electron chi connectivity index (χ2n) is 4.11. The molecule has 0 fully saturated rings. The molecular formula is C15H13ClFNO. The fourth-order valence-corrected chi connectivity index (χ4v) is 2.04. The van der Waals surface area contributed by atoms with E-state index in [9.17, 15) is 4.39 Å². The van der Waals surface area contributed by atoms with Crippen molar-refractivity contribution in [3.8, 4) is 11.1 Å². The van der Waals surface area contributed by atoms with E-state index >= 15 is 0 Å². The van der Waals surface area contributed by atoms with E-state index in [4.69, 9.17) is 11.6 Å². The van der Waals surface area contributed by atoms with E-state index in [0.29, 0.717) is 5.02 Å². The van der Waals surface area contributed by atoms with Gasteiger partial charge in [-0.25, -0.2) is 4.39 Å². The number of oxime groups is 1. The molecule has 0 saturated carbocycles. The van der Waals surface area contributed by atoms with Gasteiger partial charge < -0.3 is 4.84 Å². The van der Waals surface area contributed by atoms with Crippen LogP contribution in [0, 0.1) is 12.7 Å². The van der Waals surface area contributed by atoms with Crippen LogP contribution >= 0.6 is 11.6 Å². The van der Waals surface area contributed by atoms with Crippen LogP contribution in [-0.4, -0.2) is 13.3 Å². The summed E-state index contributed by atoms with van der Waals surface area (Å²) in [4.78, 5) is 4.61. The standard InChI is InChI=1S/C15H13ClFNO/c1-10-3-6-13(17)8-14(10)11-4-5-12(9-18-19-2)15(16)7-11/h3-9H,1-2H3/b18-9+. The van der Waals surface area contributed by atoms with Crippen molar-refractivity contribution in [1.82, 2.24) is 0 Å². The number of hydrogen-bond acceptors (Lipinski definition) is 2. The third kappa shape index (κ3) is 3.12. The van der Waals surface area contributed by atoms with Crippen LogP contribution in [0.15, 0.2) is 41.6 Å². The van der Waals surface area contributed by atoms with E-state index in [-0.39, 0.29) is 5.82 Å². The normalized spacial score (nSPS) is 10.9. The highest BCUT2D eigenvalue weighted by molar-refractivity contribution is 6.33. The molecule has 4 heteroatoms. The van der Waals surface area contributed by atoms with Gasteiger partial charge in [0.2, 0.25) is 0 Å². The van der Waals surface area contributed by atoms with Crippen molar-refractivity contribution in [2.45, 2.75) is 6.92 Å². The Kier molecular flexibility index (Phi) is 4.17. The summed E-state index contributed by atoms with van der Waals surface area (Å²) in [6, 6.07) is 10.2. The lowest BCUT2D eigenvalue weighted by Crippen LogP contribution is -1.89. The molecule has 0 amide bonds. The summed E-state index contributed by atoms with van der Waals surface area (Å²) in [6.07, 6.45) is 1.53. The van der Waals surface area contributed by atoms with Gasteiger partial charge in [0.05, 0.1) is 11.2 Å². The summed E-state index contributed by atoms with van der Waals surface area (Å²) in [5.74, 6) is -0.262. The van der Waals surface area contributed by atoms with Gasteiger partial charge in [0.15, 0.2) is 0 Å². The van der Waals surface area contributed by atoms with E-state index in [0.717, 1.165) is 22.3 Å². The molecule has 0 heterocycles. The molecule has 0 spiro atoms. The topological polar surface area (TPSA) is 21.6 Å². The summed E-state index contributed by atoms with van der Waals surface area (Å²) in [5.41, 5.74) is 3.45. The number of rotatable bonds is 3. The van der Waals surface area contributed by atoms with Crippen LogP contribution in [0.5, 0.6) is 0 Å². The van der Waals surface area contributed by atoms with Crippen LogP contribution in [0.25, 0.3) is 11.1 Å². The molecule has 19 heavy (non-hydrogen) atoms. The van der Waals surface area contributed by atoms with Crippen LogP contribution in [0.3, 0.4) is 0 Å². The predicted molar refractivity (Wildman–Crippen MR) is 76.2 cm³/mol. The van der Waals surface area contributed by atoms with Gasteiger partial charge in [0.25, 0.3) is 0 Å². The van der Waals surface area contributed by atoms with E-state index in [1.54, 1.807) is 12.1 Å². The summed E-state index contributed by atoms with van der Waals surface area (Å²) >= 11 is 6.17. The molecule has 0 atom stereocenters. The van der Waals surface area contributed by atoms with Crippen molar-refractivity contribution in [2.75, 3.05) is 7.11 Å². The van der Waals surface area contributed by atoms with Gasteiger partial charge in [-0.15, -0.1) is 0 Å². The molecule has 0 N–H and O–H groups in total. The fourth-order valence-electron chi connectivity index (χ4n) is 1.81. The molecule has 0 aliphatic heterocycles. The first-order chi connectivity index (χ1) is 9.11. The second-order valence-corrected chi connectivity index (χ2v) is 4.52.